The molecule has 2 unspecified atom stereocenters. The van der Waals surface area contributed by atoms with Crippen LogP contribution < -0.4 is 0 Å². The lowest BCUT2D eigenvalue weighted by Crippen LogP contribution is -2.12. The number of rotatable bonds is 4. The molecule has 5 heteroatoms. The van der Waals surface area contributed by atoms with Gasteiger partial charge in [0.1, 0.15) is 5.82 Å². The molecule has 2 heterocycles. The van der Waals surface area contributed by atoms with Gasteiger partial charge >= 0.3 is 0 Å². The van der Waals surface area contributed by atoms with E-state index < -0.39 is 0 Å². The summed E-state index contributed by atoms with van der Waals surface area (Å²) in [7, 11) is 0. The minimum Gasteiger partial charge on any atom is -0.324 e. The summed E-state index contributed by atoms with van der Waals surface area (Å²) in [5, 5.41) is 4.22. The van der Waals surface area contributed by atoms with Crippen LogP contribution in [0.25, 0.3) is 11.0 Å². The molecule has 0 saturated carbocycles. The normalized spacial score (nSPS) is 14.5. The highest BCUT2D eigenvalue weighted by atomic mass is 79.9. The van der Waals surface area contributed by atoms with Crippen LogP contribution in [0.15, 0.2) is 39.5 Å². The Balaban J connectivity index is 2.08. The average Bonchev–Trinajstić information content (AvgIpc) is 3.04. The van der Waals surface area contributed by atoms with Gasteiger partial charge in [0, 0.05) is 10.5 Å². The summed E-state index contributed by atoms with van der Waals surface area (Å²) in [6.45, 7) is 4.20. The number of nitrogens with zero attached hydrogens (tertiary/aromatic N) is 2. The van der Waals surface area contributed by atoms with Crippen molar-refractivity contribution in [3.8, 4) is 0 Å². The van der Waals surface area contributed by atoms with Crippen LogP contribution in [0.5, 0.6) is 0 Å². The molecule has 2 nitrogen and oxygen atoms in total. The number of fused-ring (bicyclic) bond motifs is 1. The number of halogens is 2. The number of alkyl halides is 1. The smallest absolute Gasteiger partial charge is 0.127 e. The Hall–Kier alpha value is -0.840. The van der Waals surface area contributed by atoms with E-state index in [9.17, 15) is 0 Å². The van der Waals surface area contributed by atoms with E-state index in [0.717, 1.165) is 27.8 Å². The second kappa shape index (κ2) is 6.11. The van der Waals surface area contributed by atoms with E-state index in [4.69, 9.17) is 16.6 Å². The summed E-state index contributed by atoms with van der Waals surface area (Å²) in [5.41, 5.74) is 3.49. The summed E-state index contributed by atoms with van der Waals surface area (Å²) in [6.07, 6.45) is 0.988. The summed E-state index contributed by atoms with van der Waals surface area (Å²) >= 11 is 11.6. The Morgan fingerprint density at radius 2 is 2.14 bits per heavy atom. The monoisotopic (exact) mass is 382 g/mol. The molecule has 0 aliphatic carbocycles. The molecule has 0 aliphatic rings. The number of benzene rings is 1. The fourth-order valence-corrected chi connectivity index (χ4v) is 3.86. The van der Waals surface area contributed by atoms with E-state index >= 15 is 0 Å². The van der Waals surface area contributed by atoms with Gasteiger partial charge in [0.25, 0.3) is 0 Å². The van der Waals surface area contributed by atoms with Gasteiger partial charge in [0.2, 0.25) is 0 Å². The van der Waals surface area contributed by atoms with E-state index in [1.54, 1.807) is 11.3 Å². The topological polar surface area (TPSA) is 17.8 Å². The largest absolute Gasteiger partial charge is 0.324 e. The zero-order valence-corrected chi connectivity index (χ0v) is 15.0. The molecule has 2 atom stereocenters. The summed E-state index contributed by atoms with van der Waals surface area (Å²) in [5.74, 6) is 0.937. The molecule has 0 saturated heterocycles. The van der Waals surface area contributed by atoms with Crippen LogP contribution in [0, 0.1) is 0 Å². The lowest BCUT2D eigenvalue weighted by molar-refractivity contribution is 0.535. The standard InChI is InChI=1S/C16H16BrClN2S/c1-10(7-12-5-6-21-9-12)20-15-4-3-13(17)8-14(15)19-16(20)11(2)18/h3-6,8-11H,7H2,1-2H3. The third-order valence-electron chi connectivity index (χ3n) is 3.59. The highest BCUT2D eigenvalue weighted by Gasteiger charge is 2.19. The fraction of sp³-hybridized carbons (Fsp3) is 0.312. The first kappa shape index (κ1) is 15.1. The minimum atomic E-state index is -0.110. The van der Waals surface area contributed by atoms with Gasteiger partial charge in [-0.25, -0.2) is 4.98 Å². The van der Waals surface area contributed by atoms with E-state index in [1.165, 1.54) is 5.56 Å². The van der Waals surface area contributed by atoms with Gasteiger partial charge in [-0.3, -0.25) is 0 Å². The second-order valence-electron chi connectivity index (χ2n) is 5.27. The van der Waals surface area contributed by atoms with Gasteiger partial charge in [-0.15, -0.1) is 11.6 Å². The molecule has 0 spiro atoms. The minimum absolute atomic E-state index is 0.110. The van der Waals surface area contributed by atoms with Gasteiger partial charge in [0.05, 0.1) is 16.4 Å². The van der Waals surface area contributed by atoms with Crippen LogP contribution >= 0.6 is 38.9 Å². The van der Waals surface area contributed by atoms with Gasteiger partial charge < -0.3 is 4.57 Å². The average molecular weight is 384 g/mol. The summed E-state index contributed by atoms with van der Waals surface area (Å²) in [4.78, 5) is 4.73. The van der Waals surface area contributed by atoms with Crippen LogP contribution in [0.1, 0.15) is 36.7 Å². The molecule has 0 N–H and O–H groups in total. The van der Waals surface area contributed by atoms with Gasteiger partial charge in [0.15, 0.2) is 0 Å². The van der Waals surface area contributed by atoms with Gasteiger partial charge in [-0.2, -0.15) is 11.3 Å². The first-order valence-corrected chi connectivity index (χ1v) is 9.06. The van der Waals surface area contributed by atoms with Crippen LogP contribution in [0.3, 0.4) is 0 Å². The van der Waals surface area contributed by atoms with Gasteiger partial charge in [-0.1, -0.05) is 15.9 Å². The molecular formula is C16H16BrClN2S. The number of imidazole rings is 1. The SMILES string of the molecule is CC(Cl)c1nc2cc(Br)ccc2n1C(C)Cc1ccsc1. The molecule has 110 valence electrons. The first-order chi connectivity index (χ1) is 10.1. The zero-order valence-electron chi connectivity index (χ0n) is 11.9. The van der Waals surface area contributed by atoms with E-state index in [-0.39, 0.29) is 5.38 Å². The lowest BCUT2D eigenvalue weighted by atomic mass is 10.1. The van der Waals surface area contributed by atoms with Crippen molar-refractivity contribution in [2.45, 2.75) is 31.7 Å². The number of thiophene rings is 1. The zero-order chi connectivity index (χ0) is 15.0. The summed E-state index contributed by atoms with van der Waals surface area (Å²) in [6, 6.07) is 8.72. The maximum absolute atomic E-state index is 6.35. The highest BCUT2D eigenvalue weighted by molar-refractivity contribution is 9.10. The maximum atomic E-state index is 6.35. The van der Waals surface area contributed by atoms with Crippen molar-refractivity contribution in [3.05, 3.63) is 50.9 Å². The quantitative estimate of drug-likeness (QED) is 0.508. The van der Waals surface area contributed by atoms with Crippen LogP contribution in [0.2, 0.25) is 0 Å². The molecule has 0 radical (unpaired) electrons. The molecule has 3 aromatic rings. The molecule has 0 aliphatic heterocycles. The van der Waals surface area contributed by atoms with Crippen LogP contribution in [0.4, 0.5) is 0 Å². The molecule has 3 rings (SSSR count). The van der Waals surface area contributed by atoms with Crippen molar-refractivity contribution in [1.29, 1.82) is 0 Å². The lowest BCUT2D eigenvalue weighted by Gasteiger charge is -2.18. The molecule has 21 heavy (non-hydrogen) atoms. The predicted molar refractivity (Wildman–Crippen MR) is 94.4 cm³/mol. The second-order valence-corrected chi connectivity index (χ2v) is 7.62. The van der Waals surface area contributed by atoms with Crippen molar-refractivity contribution in [3.63, 3.8) is 0 Å². The van der Waals surface area contributed by atoms with E-state index in [1.807, 2.05) is 13.0 Å². The van der Waals surface area contributed by atoms with Gasteiger partial charge in [-0.05, 0) is 60.9 Å². The Morgan fingerprint density at radius 1 is 1.33 bits per heavy atom. The predicted octanol–water partition coefficient (Wildman–Crippen LogP) is 5.96. The molecule has 0 bridgehead atoms. The third-order valence-corrected chi connectivity index (χ3v) is 5.01. The van der Waals surface area contributed by atoms with E-state index in [0.29, 0.717) is 6.04 Å². The molecular weight excluding hydrogens is 368 g/mol. The Labute approximate surface area is 141 Å². The van der Waals surface area contributed by atoms with Crippen molar-refractivity contribution in [2.24, 2.45) is 0 Å². The number of hydrogen-bond donors (Lipinski definition) is 0. The van der Waals surface area contributed by atoms with Crippen molar-refractivity contribution in [1.82, 2.24) is 9.55 Å². The Morgan fingerprint density at radius 3 is 2.81 bits per heavy atom. The Bertz CT molecular complexity index is 749. The Kier molecular flexibility index (Phi) is 4.38. The van der Waals surface area contributed by atoms with E-state index in [2.05, 4.69) is 56.4 Å². The fourth-order valence-electron chi connectivity index (χ4n) is 2.68. The van der Waals surface area contributed by atoms with Crippen molar-refractivity contribution < 1.29 is 0 Å². The van der Waals surface area contributed by atoms with Crippen molar-refractivity contribution in [2.75, 3.05) is 0 Å². The number of aromatic nitrogens is 2. The molecule has 0 fully saturated rings. The third kappa shape index (κ3) is 3.03. The maximum Gasteiger partial charge on any atom is 0.127 e. The highest BCUT2D eigenvalue weighted by Crippen LogP contribution is 2.31. The summed E-state index contributed by atoms with van der Waals surface area (Å²) < 4.78 is 3.32. The first-order valence-electron chi connectivity index (χ1n) is 6.89. The van der Waals surface area contributed by atoms with Crippen LogP contribution in [-0.2, 0) is 6.42 Å². The molecule has 0 amide bonds. The number of hydrogen-bond acceptors (Lipinski definition) is 2. The molecule has 2 aromatic heterocycles. The molecule has 1 aromatic carbocycles. The van der Waals surface area contributed by atoms with Crippen molar-refractivity contribution >= 4 is 49.9 Å². The van der Waals surface area contributed by atoms with Crippen LogP contribution in [-0.4, -0.2) is 9.55 Å².